The van der Waals surface area contributed by atoms with Crippen LogP contribution in [0.15, 0.2) is 77.8 Å². The molecule has 1 aliphatic rings. The summed E-state index contributed by atoms with van der Waals surface area (Å²) >= 11 is 0.883. The van der Waals surface area contributed by atoms with Crippen molar-refractivity contribution in [3.8, 4) is 0 Å². The van der Waals surface area contributed by atoms with E-state index >= 15 is 0 Å². The number of carboxylic acid groups (broad SMARTS) is 1. The summed E-state index contributed by atoms with van der Waals surface area (Å²) in [5.74, 6) is -2.78. The van der Waals surface area contributed by atoms with Crippen LogP contribution in [0, 0.1) is 5.82 Å². The van der Waals surface area contributed by atoms with Gasteiger partial charge in [-0.05, 0) is 54.1 Å². The Labute approximate surface area is 218 Å². The van der Waals surface area contributed by atoms with E-state index in [0.717, 1.165) is 23.9 Å². The highest BCUT2D eigenvalue weighted by Gasteiger charge is 2.36. The first-order chi connectivity index (χ1) is 18.0. The van der Waals surface area contributed by atoms with Crippen LogP contribution in [0.25, 0.3) is 0 Å². The van der Waals surface area contributed by atoms with Crippen molar-refractivity contribution >= 4 is 46.1 Å². The van der Waals surface area contributed by atoms with E-state index in [2.05, 4.69) is 10.3 Å². The van der Waals surface area contributed by atoms with E-state index in [-0.39, 0.29) is 35.1 Å². The van der Waals surface area contributed by atoms with Crippen molar-refractivity contribution in [3.63, 3.8) is 0 Å². The maximum absolute atomic E-state index is 13.4. The molecule has 1 aliphatic heterocycles. The first-order valence-electron chi connectivity index (χ1n) is 11.1. The molecule has 1 fully saturated rings. The Bertz CT molecular complexity index is 1410. The zero-order chi connectivity index (χ0) is 27.4. The molecule has 1 atom stereocenters. The van der Waals surface area contributed by atoms with Crippen molar-refractivity contribution in [3.05, 3.63) is 95.3 Å². The number of carbonyl (C=O) groups is 3. The Morgan fingerprint density at radius 1 is 1.05 bits per heavy atom. The van der Waals surface area contributed by atoms with Gasteiger partial charge in [0.05, 0.1) is 23.4 Å². The van der Waals surface area contributed by atoms with Gasteiger partial charge in [-0.3, -0.25) is 14.5 Å². The van der Waals surface area contributed by atoms with Gasteiger partial charge in [-0.15, -0.1) is 0 Å². The molecule has 0 aromatic heterocycles. The lowest BCUT2D eigenvalue weighted by atomic mass is 10.1. The Balaban J connectivity index is 1.64. The minimum absolute atomic E-state index is 0.00987. The van der Waals surface area contributed by atoms with Gasteiger partial charge in [-0.25, -0.2) is 14.2 Å². The molecule has 2 N–H and O–H groups in total. The number of thioether (sulfide) groups is 1. The molecule has 196 valence electrons. The normalized spacial score (nSPS) is 16.9. The number of benzene rings is 3. The lowest BCUT2D eigenvalue weighted by molar-refractivity contribution is -0.137. The molecule has 0 bridgehead atoms. The average Bonchev–Trinajstić information content (AvgIpc) is 2.87. The molecule has 0 aliphatic carbocycles. The molecule has 12 heteroatoms. The molecule has 7 nitrogen and oxygen atoms in total. The summed E-state index contributed by atoms with van der Waals surface area (Å²) in [5.41, 5.74) is -0.301. The third-order valence-electron chi connectivity index (χ3n) is 5.46. The Morgan fingerprint density at radius 2 is 1.76 bits per heavy atom. The number of anilines is 1. The highest BCUT2D eigenvalue weighted by molar-refractivity contribution is 8.15. The molecule has 3 aromatic rings. The van der Waals surface area contributed by atoms with Crippen molar-refractivity contribution in [2.45, 2.75) is 24.4 Å². The van der Waals surface area contributed by atoms with Gasteiger partial charge in [0.15, 0.2) is 5.17 Å². The zero-order valence-electron chi connectivity index (χ0n) is 19.4. The number of aliphatic imine (C=N–C) groups is 1. The van der Waals surface area contributed by atoms with Crippen molar-refractivity contribution in [2.24, 2.45) is 4.99 Å². The fourth-order valence-corrected chi connectivity index (χ4v) is 4.68. The smallest absolute Gasteiger partial charge is 0.416 e. The fraction of sp³-hybridized carbons (Fsp3) is 0.154. The van der Waals surface area contributed by atoms with E-state index in [0.29, 0.717) is 5.56 Å². The summed E-state index contributed by atoms with van der Waals surface area (Å²) in [6.07, 6.45) is -4.86. The van der Waals surface area contributed by atoms with Crippen LogP contribution in [0.3, 0.4) is 0 Å². The fourth-order valence-electron chi connectivity index (χ4n) is 3.58. The van der Waals surface area contributed by atoms with Gasteiger partial charge in [0.1, 0.15) is 11.1 Å². The van der Waals surface area contributed by atoms with Crippen molar-refractivity contribution in [1.29, 1.82) is 0 Å². The van der Waals surface area contributed by atoms with Crippen molar-refractivity contribution in [1.82, 2.24) is 4.90 Å². The minimum Gasteiger partial charge on any atom is -0.478 e. The van der Waals surface area contributed by atoms with E-state index in [4.69, 9.17) is 5.11 Å². The lowest BCUT2D eigenvalue weighted by Crippen LogP contribution is -2.44. The van der Waals surface area contributed by atoms with Gasteiger partial charge in [0.2, 0.25) is 11.8 Å². The summed E-state index contributed by atoms with van der Waals surface area (Å²) in [7, 11) is 0. The number of rotatable bonds is 6. The molecular weight excluding hydrogens is 526 g/mol. The molecule has 3 aromatic carbocycles. The summed E-state index contributed by atoms with van der Waals surface area (Å²) in [6, 6.07) is 15.1. The van der Waals surface area contributed by atoms with Crippen LogP contribution in [0.1, 0.15) is 27.9 Å². The highest BCUT2D eigenvalue weighted by atomic mass is 32.2. The van der Waals surface area contributed by atoms with Gasteiger partial charge in [-0.2, -0.15) is 13.2 Å². The third kappa shape index (κ3) is 6.57. The number of amides is 2. The monoisotopic (exact) mass is 545 g/mol. The van der Waals surface area contributed by atoms with Crippen molar-refractivity contribution < 1.29 is 37.1 Å². The zero-order valence-corrected chi connectivity index (χ0v) is 20.2. The first kappa shape index (κ1) is 26.9. The summed E-state index contributed by atoms with van der Waals surface area (Å²) in [4.78, 5) is 42.8. The van der Waals surface area contributed by atoms with Gasteiger partial charge < -0.3 is 10.4 Å². The summed E-state index contributed by atoms with van der Waals surface area (Å²) in [6.45, 7) is -0.0428. The van der Waals surface area contributed by atoms with Gasteiger partial charge in [0, 0.05) is 12.1 Å². The number of alkyl halides is 3. The predicted octanol–water partition coefficient (Wildman–Crippen LogP) is 5.70. The van der Waals surface area contributed by atoms with Crippen LogP contribution in [-0.2, 0) is 22.3 Å². The maximum Gasteiger partial charge on any atom is 0.416 e. The molecule has 1 saturated heterocycles. The molecular formula is C26H19F4N3O4S. The van der Waals surface area contributed by atoms with E-state index in [1.54, 1.807) is 0 Å². The van der Waals surface area contributed by atoms with E-state index in [1.807, 2.05) is 0 Å². The number of nitrogens with one attached hydrogen (secondary N) is 1. The van der Waals surface area contributed by atoms with Gasteiger partial charge in [-0.1, -0.05) is 36.0 Å². The SMILES string of the molecule is O=C(O)c1cccc(NC(=O)C2CC(=O)N(Cc3ccc(F)cc3)C(=Nc3cccc(C(F)(F)F)c3)S2)c1. The van der Waals surface area contributed by atoms with Crippen LogP contribution in [-0.4, -0.2) is 38.2 Å². The predicted molar refractivity (Wildman–Crippen MR) is 134 cm³/mol. The second-order valence-corrected chi connectivity index (χ2v) is 9.40. The first-order valence-corrected chi connectivity index (χ1v) is 12.0. The van der Waals surface area contributed by atoms with Crippen LogP contribution >= 0.6 is 11.8 Å². The topological polar surface area (TPSA) is 99.1 Å². The van der Waals surface area contributed by atoms with Crippen LogP contribution in [0.2, 0.25) is 0 Å². The van der Waals surface area contributed by atoms with Gasteiger partial charge >= 0.3 is 12.1 Å². The summed E-state index contributed by atoms with van der Waals surface area (Å²) in [5, 5.41) is 10.7. The van der Waals surface area contributed by atoms with E-state index < -0.39 is 40.6 Å². The van der Waals surface area contributed by atoms with Crippen LogP contribution in [0.5, 0.6) is 0 Å². The molecule has 0 radical (unpaired) electrons. The van der Waals surface area contributed by atoms with Crippen LogP contribution in [0.4, 0.5) is 28.9 Å². The van der Waals surface area contributed by atoms with Crippen LogP contribution < -0.4 is 5.32 Å². The Hall–Kier alpha value is -4.19. The molecule has 4 rings (SSSR count). The average molecular weight is 546 g/mol. The Morgan fingerprint density at radius 3 is 2.45 bits per heavy atom. The summed E-state index contributed by atoms with van der Waals surface area (Å²) < 4.78 is 53.0. The minimum atomic E-state index is -4.60. The number of nitrogens with zero attached hydrogens (tertiary/aromatic N) is 2. The number of amidine groups is 1. The maximum atomic E-state index is 13.4. The number of carboxylic acids is 1. The molecule has 0 spiro atoms. The third-order valence-corrected chi connectivity index (χ3v) is 6.65. The second kappa shape index (κ2) is 11.1. The number of halogens is 4. The Kier molecular flexibility index (Phi) is 7.81. The number of hydrogen-bond acceptors (Lipinski definition) is 5. The molecule has 1 heterocycles. The highest BCUT2D eigenvalue weighted by Crippen LogP contribution is 2.34. The number of carbonyl (C=O) groups excluding carboxylic acids is 2. The molecule has 0 saturated carbocycles. The largest absolute Gasteiger partial charge is 0.478 e. The molecule has 1 unspecified atom stereocenters. The van der Waals surface area contributed by atoms with E-state index in [9.17, 15) is 31.9 Å². The number of hydrogen-bond donors (Lipinski definition) is 2. The second-order valence-electron chi connectivity index (χ2n) is 8.23. The number of aromatic carboxylic acids is 1. The molecule has 38 heavy (non-hydrogen) atoms. The molecule has 2 amide bonds. The van der Waals surface area contributed by atoms with Gasteiger partial charge in [0.25, 0.3) is 0 Å². The quantitative estimate of drug-likeness (QED) is 0.387. The van der Waals surface area contributed by atoms with Crippen molar-refractivity contribution in [2.75, 3.05) is 5.32 Å². The van der Waals surface area contributed by atoms with E-state index in [1.165, 1.54) is 65.6 Å². The standard InChI is InChI=1S/C26H19F4N3O4S/c27-18-9-7-15(8-10-18)14-33-22(34)13-21(23(35)31-19-5-1-3-16(11-19)24(36)37)38-25(33)32-20-6-2-4-17(12-20)26(28,29)30/h1-12,21H,13-14H2,(H,31,35)(H,36,37). The lowest BCUT2D eigenvalue weighted by Gasteiger charge is -2.32.